The van der Waals surface area contributed by atoms with E-state index in [0.29, 0.717) is 0 Å². The monoisotopic (exact) mass is 148 g/mol. The molecule has 1 aliphatic heterocycles. The van der Waals surface area contributed by atoms with Crippen molar-refractivity contribution in [2.24, 2.45) is 5.73 Å². The van der Waals surface area contributed by atoms with Gasteiger partial charge in [-0.15, -0.1) is 9.60 Å². The van der Waals surface area contributed by atoms with Crippen LogP contribution >= 0.6 is 0 Å². The highest BCUT2D eigenvalue weighted by Gasteiger charge is 2.37. The molecule has 0 aromatic carbocycles. The minimum atomic E-state index is -1.14. The van der Waals surface area contributed by atoms with Gasteiger partial charge in [-0.3, -0.25) is 4.79 Å². The third kappa shape index (κ3) is 1.10. The van der Waals surface area contributed by atoms with E-state index in [9.17, 15) is 9.28 Å². The van der Waals surface area contributed by atoms with Gasteiger partial charge in [0.1, 0.15) is 6.04 Å². The molecule has 10 heavy (non-hydrogen) atoms. The van der Waals surface area contributed by atoms with Crippen LogP contribution in [0.3, 0.4) is 0 Å². The summed E-state index contributed by atoms with van der Waals surface area (Å²) in [5, 5.41) is 9.22. The molecule has 4 nitrogen and oxygen atoms in total. The fraction of sp³-hybridized carbons (Fsp3) is 0.800. The Balaban J connectivity index is 2.63. The van der Waals surface area contributed by atoms with Crippen molar-refractivity contribution in [3.63, 3.8) is 0 Å². The number of halogens is 1. The smallest absolute Gasteiger partial charge is 0.240 e. The molecule has 0 aromatic rings. The van der Waals surface area contributed by atoms with Crippen LogP contribution in [0.25, 0.3) is 0 Å². The standard InChI is InChI=1S/C5H9FN2O2/c6-8-2-1-3(9)4(8)5(7)10/h3-4,9H,1-2H2,(H2,7,10). The highest BCUT2D eigenvalue weighted by molar-refractivity contribution is 5.80. The summed E-state index contributed by atoms with van der Waals surface area (Å²) in [7, 11) is 0. The Morgan fingerprint density at radius 1 is 1.80 bits per heavy atom. The second-order valence-electron chi connectivity index (χ2n) is 2.33. The molecule has 0 aromatic heterocycles. The molecule has 58 valence electrons. The lowest BCUT2D eigenvalue weighted by atomic mass is 10.2. The lowest BCUT2D eigenvalue weighted by molar-refractivity contribution is -0.131. The van der Waals surface area contributed by atoms with Gasteiger partial charge in [-0.05, 0) is 6.42 Å². The van der Waals surface area contributed by atoms with E-state index in [0.717, 1.165) is 0 Å². The van der Waals surface area contributed by atoms with Crippen molar-refractivity contribution in [3.05, 3.63) is 0 Å². The van der Waals surface area contributed by atoms with Crippen molar-refractivity contribution in [1.82, 2.24) is 5.12 Å². The summed E-state index contributed by atoms with van der Waals surface area (Å²) in [5.74, 6) is -0.813. The molecule has 5 heteroatoms. The van der Waals surface area contributed by atoms with Gasteiger partial charge in [0, 0.05) is 6.54 Å². The number of carbonyl (C=O) groups excluding carboxylic acids is 1. The molecular formula is C5H9FN2O2. The number of carbonyl (C=O) groups is 1. The zero-order valence-electron chi connectivity index (χ0n) is 5.33. The molecule has 0 aliphatic carbocycles. The molecule has 3 N–H and O–H groups in total. The van der Waals surface area contributed by atoms with Gasteiger partial charge in [0.15, 0.2) is 0 Å². The molecule has 1 fully saturated rings. The molecule has 0 spiro atoms. The van der Waals surface area contributed by atoms with Crippen LogP contribution in [0.2, 0.25) is 0 Å². The van der Waals surface area contributed by atoms with Gasteiger partial charge in [-0.1, -0.05) is 0 Å². The Morgan fingerprint density at radius 2 is 2.40 bits per heavy atom. The quantitative estimate of drug-likeness (QED) is 0.458. The molecule has 1 aliphatic rings. The van der Waals surface area contributed by atoms with E-state index in [-0.39, 0.29) is 18.1 Å². The molecule has 2 atom stereocenters. The first-order chi connectivity index (χ1) is 4.63. The molecule has 0 radical (unpaired) electrons. The average Bonchev–Trinajstić information content (AvgIpc) is 2.11. The van der Waals surface area contributed by atoms with Crippen LogP contribution < -0.4 is 5.73 Å². The summed E-state index contributed by atoms with van der Waals surface area (Å²) in [6.07, 6.45) is -0.674. The molecule has 1 amide bonds. The van der Waals surface area contributed by atoms with Gasteiger partial charge in [0.2, 0.25) is 5.91 Å². The molecule has 0 saturated carbocycles. The highest BCUT2D eigenvalue weighted by atomic mass is 19.2. The van der Waals surface area contributed by atoms with E-state index in [1.54, 1.807) is 0 Å². The fourth-order valence-corrected chi connectivity index (χ4v) is 1.07. The number of rotatable bonds is 1. The van der Waals surface area contributed by atoms with Crippen LogP contribution in [-0.4, -0.2) is 34.8 Å². The lowest BCUT2D eigenvalue weighted by Gasteiger charge is -2.12. The van der Waals surface area contributed by atoms with Gasteiger partial charge in [0.05, 0.1) is 6.10 Å². The van der Waals surface area contributed by atoms with Gasteiger partial charge in [-0.2, -0.15) is 0 Å². The summed E-state index contributed by atoms with van der Waals surface area (Å²) in [6, 6.07) is -1.14. The predicted octanol–water partition coefficient (Wildman–Crippen LogP) is -1.21. The van der Waals surface area contributed by atoms with E-state index in [1.807, 2.05) is 0 Å². The first kappa shape index (κ1) is 7.43. The summed E-state index contributed by atoms with van der Waals surface area (Å²) in [5.41, 5.74) is 4.80. The number of amides is 1. The molecule has 1 rings (SSSR count). The van der Waals surface area contributed by atoms with Crippen molar-refractivity contribution in [2.45, 2.75) is 18.6 Å². The predicted molar refractivity (Wildman–Crippen MR) is 31.4 cm³/mol. The average molecular weight is 148 g/mol. The van der Waals surface area contributed by atoms with Gasteiger partial charge in [0.25, 0.3) is 0 Å². The molecule has 1 heterocycles. The normalized spacial score (nSPS) is 34.6. The Bertz CT molecular complexity index is 143. The summed E-state index contributed by atoms with van der Waals surface area (Å²) in [6.45, 7) is 0.0781. The number of hydrogen-bond donors (Lipinski definition) is 2. The first-order valence-corrected chi connectivity index (χ1v) is 3.02. The van der Waals surface area contributed by atoms with E-state index < -0.39 is 18.1 Å². The van der Waals surface area contributed by atoms with Crippen LogP contribution in [0, 0.1) is 0 Å². The third-order valence-corrected chi connectivity index (χ3v) is 1.60. The SMILES string of the molecule is NC(=O)C1C(O)CCN1F. The maximum absolute atomic E-state index is 12.5. The number of aliphatic hydroxyl groups is 1. The molecule has 2 unspecified atom stereocenters. The van der Waals surface area contributed by atoms with Gasteiger partial charge < -0.3 is 10.8 Å². The first-order valence-electron chi connectivity index (χ1n) is 3.02. The summed E-state index contributed by atoms with van der Waals surface area (Å²) in [4.78, 5) is 10.4. The van der Waals surface area contributed by atoms with Crippen molar-refractivity contribution < 1.29 is 14.4 Å². The lowest BCUT2D eigenvalue weighted by Crippen LogP contribution is -2.42. The summed E-state index contributed by atoms with van der Waals surface area (Å²) >= 11 is 0. The maximum atomic E-state index is 12.5. The van der Waals surface area contributed by atoms with Crippen LogP contribution in [0.4, 0.5) is 4.48 Å². The number of nitrogens with two attached hydrogens (primary N) is 1. The fourth-order valence-electron chi connectivity index (χ4n) is 1.07. The van der Waals surface area contributed by atoms with E-state index in [4.69, 9.17) is 10.8 Å². The second-order valence-corrected chi connectivity index (χ2v) is 2.33. The highest BCUT2D eigenvalue weighted by Crippen LogP contribution is 2.17. The molecule has 1 saturated heterocycles. The Hall–Kier alpha value is -0.680. The Labute approximate surface area is 57.3 Å². The van der Waals surface area contributed by atoms with Crippen molar-refractivity contribution in [2.75, 3.05) is 6.54 Å². The van der Waals surface area contributed by atoms with E-state index in [1.165, 1.54) is 0 Å². The van der Waals surface area contributed by atoms with E-state index in [2.05, 4.69) is 0 Å². The van der Waals surface area contributed by atoms with Crippen molar-refractivity contribution in [1.29, 1.82) is 0 Å². The number of aliphatic hydroxyl groups excluding tert-OH is 1. The van der Waals surface area contributed by atoms with Crippen molar-refractivity contribution in [3.8, 4) is 0 Å². The largest absolute Gasteiger partial charge is 0.391 e. The number of hydrogen-bond acceptors (Lipinski definition) is 3. The maximum Gasteiger partial charge on any atom is 0.240 e. The zero-order chi connectivity index (χ0) is 7.72. The number of primary amides is 1. The molecular weight excluding hydrogens is 139 g/mol. The van der Waals surface area contributed by atoms with Gasteiger partial charge >= 0.3 is 0 Å². The Kier molecular flexibility index (Phi) is 1.87. The van der Waals surface area contributed by atoms with Gasteiger partial charge in [-0.25, -0.2) is 0 Å². The van der Waals surface area contributed by atoms with E-state index >= 15 is 0 Å². The van der Waals surface area contributed by atoms with Crippen LogP contribution in [0.15, 0.2) is 0 Å². The van der Waals surface area contributed by atoms with Crippen molar-refractivity contribution >= 4 is 5.91 Å². The zero-order valence-corrected chi connectivity index (χ0v) is 5.33. The molecule has 0 bridgehead atoms. The van der Waals surface area contributed by atoms with Crippen LogP contribution in [0.1, 0.15) is 6.42 Å². The minimum absolute atomic E-state index is 0.0781. The Morgan fingerprint density at radius 3 is 2.60 bits per heavy atom. The minimum Gasteiger partial charge on any atom is -0.391 e. The summed E-state index contributed by atoms with van der Waals surface area (Å²) < 4.78 is 12.5. The van der Waals surface area contributed by atoms with Crippen LogP contribution in [-0.2, 0) is 4.79 Å². The van der Waals surface area contributed by atoms with Crippen LogP contribution in [0.5, 0.6) is 0 Å². The third-order valence-electron chi connectivity index (χ3n) is 1.60. The second kappa shape index (κ2) is 2.51. The number of nitrogens with zero attached hydrogens (tertiary/aromatic N) is 1. The topological polar surface area (TPSA) is 66.6 Å².